The molecule has 6 nitrogen and oxygen atoms in total. The summed E-state index contributed by atoms with van der Waals surface area (Å²) in [7, 11) is 0. The van der Waals surface area contributed by atoms with Crippen molar-refractivity contribution in [2.45, 2.75) is 45.2 Å². The molecule has 1 fully saturated rings. The Labute approximate surface area is 108 Å². The van der Waals surface area contributed by atoms with Crippen LogP contribution in [-0.4, -0.2) is 48.1 Å². The van der Waals surface area contributed by atoms with E-state index in [1.165, 1.54) is 0 Å². The van der Waals surface area contributed by atoms with Crippen molar-refractivity contribution in [1.82, 2.24) is 15.5 Å². The molecule has 6 heteroatoms. The molecular formula is C12H24N4O2. The van der Waals surface area contributed by atoms with Crippen LogP contribution in [0.15, 0.2) is 0 Å². The Kier molecular flexibility index (Phi) is 5.10. The van der Waals surface area contributed by atoms with Crippen LogP contribution in [0.3, 0.4) is 0 Å². The van der Waals surface area contributed by atoms with Crippen LogP contribution in [0.5, 0.6) is 0 Å². The third-order valence-electron chi connectivity index (χ3n) is 3.29. The second-order valence-electron chi connectivity index (χ2n) is 5.04. The standard InChI is InChI=1S/C12H24N4O2/c1-4-6-12(13)7-16(8-12)9(3)10(17)15-11(18)14-5-2/h9H,4-8,13H2,1-3H3,(H2,14,15,17,18). The number of amides is 3. The van der Waals surface area contributed by atoms with E-state index >= 15 is 0 Å². The van der Waals surface area contributed by atoms with Gasteiger partial charge >= 0.3 is 6.03 Å². The summed E-state index contributed by atoms with van der Waals surface area (Å²) in [6.45, 7) is 7.62. The summed E-state index contributed by atoms with van der Waals surface area (Å²) in [4.78, 5) is 25.0. The normalized spacial score (nSPS) is 19.8. The summed E-state index contributed by atoms with van der Waals surface area (Å²) in [5.41, 5.74) is 5.98. The molecule has 104 valence electrons. The van der Waals surface area contributed by atoms with Gasteiger partial charge in [-0.1, -0.05) is 13.3 Å². The maximum atomic E-state index is 11.8. The van der Waals surface area contributed by atoms with E-state index in [1.54, 1.807) is 13.8 Å². The zero-order valence-corrected chi connectivity index (χ0v) is 11.5. The molecule has 0 spiro atoms. The Bertz CT molecular complexity index is 313. The van der Waals surface area contributed by atoms with Crippen molar-refractivity contribution >= 4 is 11.9 Å². The highest BCUT2D eigenvalue weighted by atomic mass is 16.2. The predicted molar refractivity (Wildman–Crippen MR) is 70.1 cm³/mol. The number of carbonyl (C=O) groups is 2. The van der Waals surface area contributed by atoms with Crippen molar-refractivity contribution in [2.24, 2.45) is 5.73 Å². The van der Waals surface area contributed by atoms with Crippen molar-refractivity contribution in [2.75, 3.05) is 19.6 Å². The third-order valence-corrected chi connectivity index (χ3v) is 3.29. The maximum Gasteiger partial charge on any atom is 0.321 e. The molecule has 0 aromatic carbocycles. The van der Waals surface area contributed by atoms with E-state index in [0.29, 0.717) is 19.6 Å². The highest BCUT2D eigenvalue weighted by Gasteiger charge is 2.42. The van der Waals surface area contributed by atoms with Crippen LogP contribution >= 0.6 is 0 Å². The van der Waals surface area contributed by atoms with E-state index < -0.39 is 6.03 Å². The molecule has 18 heavy (non-hydrogen) atoms. The number of imide groups is 1. The smallest absolute Gasteiger partial charge is 0.321 e. The Balaban J connectivity index is 2.36. The van der Waals surface area contributed by atoms with Gasteiger partial charge in [-0.15, -0.1) is 0 Å². The molecule has 1 heterocycles. The third kappa shape index (κ3) is 3.68. The average molecular weight is 256 g/mol. The van der Waals surface area contributed by atoms with Crippen LogP contribution in [0.1, 0.15) is 33.6 Å². The second kappa shape index (κ2) is 6.15. The van der Waals surface area contributed by atoms with Gasteiger partial charge in [-0.2, -0.15) is 0 Å². The molecule has 0 saturated carbocycles. The van der Waals surface area contributed by atoms with Crippen molar-refractivity contribution in [1.29, 1.82) is 0 Å². The lowest BCUT2D eigenvalue weighted by Crippen LogP contribution is -2.70. The molecule has 1 saturated heterocycles. The van der Waals surface area contributed by atoms with Gasteiger partial charge in [0.25, 0.3) is 0 Å². The minimum atomic E-state index is -0.442. The Morgan fingerprint density at radius 3 is 2.50 bits per heavy atom. The van der Waals surface area contributed by atoms with Gasteiger partial charge < -0.3 is 11.1 Å². The van der Waals surface area contributed by atoms with E-state index in [2.05, 4.69) is 17.6 Å². The topological polar surface area (TPSA) is 87.5 Å². The van der Waals surface area contributed by atoms with Crippen molar-refractivity contribution in [3.63, 3.8) is 0 Å². The number of likely N-dealkylation sites (tertiary alicyclic amines) is 1. The average Bonchev–Trinajstić information content (AvgIpc) is 2.25. The van der Waals surface area contributed by atoms with Crippen LogP contribution in [0.2, 0.25) is 0 Å². The molecule has 4 N–H and O–H groups in total. The molecule has 0 bridgehead atoms. The van der Waals surface area contributed by atoms with Gasteiger partial charge in [-0.05, 0) is 20.3 Å². The lowest BCUT2D eigenvalue weighted by atomic mass is 9.85. The number of hydrogen-bond donors (Lipinski definition) is 3. The summed E-state index contributed by atoms with van der Waals surface area (Å²) in [6, 6.07) is -0.761. The van der Waals surface area contributed by atoms with Gasteiger partial charge in [0.05, 0.1) is 6.04 Å². The van der Waals surface area contributed by atoms with E-state index in [4.69, 9.17) is 5.73 Å². The number of rotatable bonds is 5. The molecule has 1 atom stereocenters. The summed E-state index contributed by atoms with van der Waals surface area (Å²) in [5, 5.41) is 4.85. The first-order chi connectivity index (χ1) is 8.41. The van der Waals surface area contributed by atoms with Gasteiger partial charge in [0, 0.05) is 25.2 Å². The molecular weight excluding hydrogens is 232 g/mol. The Hall–Kier alpha value is -1.14. The molecule has 1 unspecified atom stereocenters. The predicted octanol–water partition coefficient (Wildman–Crippen LogP) is 0.0338. The first kappa shape index (κ1) is 14.9. The van der Waals surface area contributed by atoms with Crippen LogP contribution < -0.4 is 16.4 Å². The zero-order chi connectivity index (χ0) is 13.8. The first-order valence-corrected chi connectivity index (χ1v) is 6.53. The van der Waals surface area contributed by atoms with E-state index in [1.807, 2.05) is 4.90 Å². The summed E-state index contributed by atoms with van der Waals surface area (Å²) in [6.07, 6.45) is 2.01. The summed E-state index contributed by atoms with van der Waals surface area (Å²) >= 11 is 0. The fourth-order valence-corrected chi connectivity index (χ4v) is 2.28. The van der Waals surface area contributed by atoms with Gasteiger partial charge in [-0.3, -0.25) is 15.0 Å². The van der Waals surface area contributed by atoms with Crippen LogP contribution in [0.25, 0.3) is 0 Å². The van der Waals surface area contributed by atoms with E-state index in [0.717, 1.165) is 12.8 Å². The van der Waals surface area contributed by atoms with Gasteiger partial charge in [0.2, 0.25) is 5.91 Å². The van der Waals surface area contributed by atoms with Crippen molar-refractivity contribution in [3.8, 4) is 0 Å². The highest BCUT2D eigenvalue weighted by Crippen LogP contribution is 2.25. The number of nitrogens with two attached hydrogens (primary N) is 1. The maximum absolute atomic E-state index is 11.8. The number of nitrogens with zero attached hydrogens (tertiary/aromatic N) is 1. The summed E-state index contributed by atoms with van der Waals surface area (Å²) in [5.74, 6) is -0.278. The van der Waals surface area contributed by atoms with Crippen LogP contribution in [0, 0.1) is 0 Å². The fourth-order valence-electron chi connectivity index (χ4n) is 2.28. The molecule has 0 radical (unpaired) electrons. The lowest BCUT2D eigenvalue weighted by molar-refractivity contribution is -0.127. The molecule has 1 aliphatic rings. The minimum absolute atomic E-state index is 0.158. The van der Waals surface area contributed by atoms with E-state index in [9.17, 15) is 9.59 Å². The SMILES string of the molecule is CCCC1(N)CN(C(C)C(=O)NC(=O)NCC)C1. The first-order valence-electron chi connectivity index (χ1n) is 6.53. The highest BCUT2D eigenvalue weighted by molar-refractivity contribution is 5.96. The monoisotopic (exact) mass is 256 g/mol. The number of hydrogen-bond acceptors (Lipinski definition) is 4. The molecule has 0 aromatic heterocycles. The van der Waals surface area contributed by atoms with Crippen molar-refractivity contribution < 1.29 is 9.59 Å². The van der Waals surface area contributed by atoms with E-state index in [-0.39, 0.29) is 17.5 Å². The molecule has 0 aromatic rings. The molecule has 1 rings (SSSR count). The molecule has 0 aliphatic carbocycles. The fraction of sp³-hybridized carbons (Fsp3) is 0.833. The minimum Gasteiger partial charge on any atom is -0.338 e. The largest absolute Gasteiger partial charge is 0.338 e. The lowest BCUT2D eigenvalue weighted by Gasteiger charge is -2.50. The summed E-state index contributed by atoms with van der Waals surface area (Å²) < 4.78 is 0. The molecule has 1 aliphatic heterocycles. The van der Waals surface area contributed by atoms with Crippen molar-refractivity contribution in [3.05, 3.63) is 0 Å². The van der Waals surface area contributed by atoms with Gasteiger partial charge in [0.1, 0.15) is 0 Å². The second-order valence-corrected chi connectivity index (χ2v) is 5.04. The number of urea groups is 1. The molecule has 3 amide bonds. The Morgan fingerprint density at radius 1 is 1.39 bits per heavy atom. The number of nitrogens with one attached hydrogen (secondary N) is 2. The Morgan fingerprint density at radius 2 is 2.00 bits per heavy atom. The quantitative estimate of drug-likeness (QED) is 0.648. The zero-order valence-electron chi connectivity index (χ0n) is 11.5. The van der Waals surface area contributed by atoms with Crippen LogP contribution in [0.4, 0.5) is 4.79 Å². The number of carbonyl (C=O) groups excluding carboxylic acids is 2. The van der Waals surface area contributed by atoms with Gasteiger partial charge in [0.15, 0.2) is 0 Å². The van der Waals surface area contributed by atoms with Gasteiger partial charge in [-0.25, -0.2) is 4.79 Å². The van der Waals surface area contributed by atoms with Crippen LogP contribution in [-0.2, 0) is 4.79 Å².